The van der Waals surface area contributed by atoms with E-state index in [0.717, 1.165) is 0 Å². The predicted octanol–water partition coefficient (Wildman–Crippen LogP) is -0.924. The molecule has 0 nitrogen and oxygen atoms in total. The van der Waals surface area contributed by atoms with E-state index < -0.39 is 0 Å². The van der Waals surface area contributed by atoms with Gasteiger partial charge in [-0.25, -0.2) is 0 Å². The summed E-state index contributed by atoms with van der Waals surface area (Å²) in [5.74, 6) is 0. The van der Waals surface area contributed by atoms with E-state index >= 15 is 0 Å². The Bertz CT molecular complexity index is 11.6. The fourth-order valence-corrected chi connectivity index (χ4v) is 0. The smallest absolute Gasteiger partial charge is 0 e. The third-order valence-corrected chi connectivity index (χ3v) is 0. The average molecular weight is 376 g/mol. The molecule has 0 aromatic carbocycles. The summed E-state index contributed by atoms with van der Waals surface area (Å²) in [5.41, 5.74) is 0. The minimum Gasteiger partial charge on any atom is 0 e. The Hall–Kier alpha value is 4.39. The third-order valence-electron chi connectivity index (χ3n) is 0. The third kappa shape index (κ3) is 17.8. The van der Waals surface area contributed by atoms with Crippen molar-refractivity contribution < 1.29 is 111 Å². The molecule has 20 valence electrons. The molecule has 0 aromatic heterocycles. The molecule has 2 radical (unpaired) electrons. The molecule has 0 aromatic rings. The molecule has 0 rings (SSSR count). The number of hydrogen-bond acceptors (Lipinski definition) is 0. The molecule has 0 bridgehead atoms. The molecule has 0 heterocycles. The molecular formula is H2CeMgMnYZn. The molecule has 0 fully saturated rings. The van der Waals surface area contributed by atoms with Gasteiger partial charge in [-0.1, -0.05) is 0 Å². The van der Waals surface area contributed by atoms with E-state index in [-0.39, 0.29) is 134 Å². The SMILES string of the molecule is [Ce].[MgH2].[Mn].[Y].[Zn]. The quantitative estimate of drug-likeness (QED) is 0.480. The standard InChI is InChI=1S/Ce.Mg.Mn.Y.Zn.2H. The maximum Gasteiger partial charge on any atom is 0.316 e. The zero-order chi connectivity index (χ0) is 0. The summed E-state index contributed by atoms with van der Waals surface area (Å²) >= 11 is 0. The second kappa shape index (κ2) is 23.8. The van der Waals surface area contributed by atoms with Crippen LogP contribution in [0.3, 0.4) is 0 Å². The van der Waals surface area contributed by atoms with E-state index in [4.69, 9.17) is 0 Å². The van der Waals surface area contributed by atoms with Crippen molar-refractivity contribution in [3.63, 3.8) is 0 Å². The number of rotatable bonds is 0. The van der Waals surface area contributed by atoms with Crippen LogP contribution in [0.4, 0.5) is 0 Å². The van der Waals surface area contributed by atoms with Crippen molar-refractivity contribution in [3.8, 4) is 0 Å². The van der Waals surface area contributed by atoms with Crippen molar-refractivity contribution in [2.75, 3.05) is 0 Å². The van der Waals surface area contributed by atoms with Crippen LogP contribution in [0.15, 0.2) is 0 Å². The Morgan fingerprint density at radius 3 is 1.00 bits per heavy atom. The van der Waals surface area contributed by atoms with Crippen LogP contribution >= 0.6 is 0 Å². The van der Waals surface area contributed by atoms with Crippen LogP contribution in [0.2, 0.25) is 0 Å². The van der Waals surface area contributed by atoms with Crippen LogP contribution in [-0.4, -0.2) is 23.1 Å². The van der Waals surface area contributed by atoms with Crippen molar-refractivity contribution in [2.24, 2.45) is 0 Å². The van der Waals surface area contributed by atoms with Crippen molar-refractivity contribution >= 4 is 23.1 Å². The molecule has 5 heavy (non-hydrogen) atoms. The van der Waals surface area contributed by atoms with Crippen LogP contribution in [0.5, 0.6) is 0 Å². The summed E-state index contributed by atoms with van der Waals surface area (Å²) in [4.78, 5) is 0. The largest absolute Gasteiger partial charge is 0.316 e. The summed E-state index contributed by atoms with van der Waals surface area (Å²) < 4.78 is 0. The molecule has 0 saturated carbocycles. The molecule has 0 amide bonds. The first-order valence-electron chi connectivity index (χ1n) is 0. The van der Waals surface area contributed by atoms with Gasteiger partial charge in [0.05, 0.1) is 0 Å². The first-order chi connectivity index (χ1) is 0. The Morgan fingerprint density at radius 2 is 1.00 bits per heavy atom. The van der Waals surface area contributed by atoms with Gasteiger partial charge in [-0.05, 0) is 0 Å². The zero-order valence-electron chi connectivity index (χ0n) is 2.16. The van der Waals surface area contributed by atoms with Crippen molar-refractivity contribution in [1.29, 1.82) is 0 Å². The fourth-order valence-electron chi connectivity index (χ4n) is 0. The van der Waals surface area contributed by atoms with Gasteiger partial charge >= 0.3 is 23.1 Å². The molecule has 0 aliphatic carbocycles. The van der Waals surface area contributed by atoms with Crippen LogP contribution in [0.25, 0.3) is 0 Å². The van der Waals surface area contributed by atoms with E-state index in [1.54, 1.807) is 0 Å². The molecular weight excluding hydrogens is 374 g/mol. The van der Waals surface area contributed by atoms with Gasteiger partial charge in [0, 0.05) is 111 Å². The van der Waals surface area contributed by atoms with Gasteiger partial charge < -0.3 is 0 Å². The van der Waals surface area contributed by atoms with Crippen molar-refractivity contribution in [2.45, 2.75) is 0 Å². The summed E-state index contributed by atoms with van der Waals surface area (Å²) in [6.07, 6.45) is 0. The second-order valence-electron chi connectivity index (χ2n) is 0. The second-order valence-corrected chi connectivity index (χ2v) is 0. The van der Waals surface area contributed by atoms with Crippen LogP contribution < -0.4 is 0 Å². The van der Waals surface area contributed by atoms with E-state index in [1.165, 1.54) is 0 Å². The predicted molar refractivity (Wildman–Crippen MR) is 8.54 cm³/mol. The molecule has 0 unspecified atom stereocenters. The van der Waals surface area contributed by atoms with Gasteiger partial charge in [-0.2, -0.15) is 0 Å². The van der Waals surface area contributed by atoms with Gasteiger partial charge in [-0.3, -0.25) is 0 Å². The van der Waals surface area contributed by atoms with Crippen molar-refractivity contribution in [3.05, 3.63) is 0 Å². The first-order valence-corrected chi connectivity index (χ1v) is 0. The van der Waals surface area contributed by atoms with E-state index in [9.17, 15) is 0 Å². The summed E-state index contributed by atoms with van der Waals surface area (Å²) in [7, 11) is 0. The van der Waals surface area contributed by atoms with E-state index in [0.29, 0.717) is 0 Å². The normalized spacial score (nSPS) is 0. The number of hydrogen-bond donors (Lipinski definition) is 0. The fraction of sp³-hybridized carbons (Fsp3) is 0. The first kappa shape index (κ1) is 34.3. The van der Waals surface area contributed by atoms with Gasteiger partial charge in [0.1, 0.15) is 0 Å². The van der Waals surface area contributed by atoms with Crippen LogP contribution in [-0.2, 0) is 69.3 Å². The molecule has 0 aliphatic rings. The maximum absolute atomic E-state index is 0. The maximum atomic E-state index is 0. The Labute approximate surface area is 130 Å². The Morgan fingerprint density at radius 1 is 1.00 bits per heavy atom. The summed E-state index contributed by atoms with van der Waals surface area (Å²) in [6.45, 7) is 0. The summed E-state index contributed by atoms with van der Waals surface area (Å²) in [6, 6.07) is 0. The van der Waals surface area contributed by atoms with Gasteiger partial charge in [-0.15, -0.1) is 0 Å². The minimum atomic E-state index is 0. The zero-order valence-corrected chi connectivity index (χ0v) is 12.3. The molecule has 5 heteroatoms. The van der Waals surface area contributed by atoms with Gasteiger partial charge in [0.15, 0.2) is 0 Å². The average Bonchev–Trinajstić information content (AvgIpc) is 0. The van der Waals surface area contributed by atoms with E-state index in [2.05, 4.69) is 0 Å². The molecule has 0 N–H and O–H groups in total. The van der Waals surface area contributed by atoms with E-state index in [1.807, 2.05) is 0 Å². The van der Waals surface area contributed by atoms with Crippen LogP contribution in [0, 0.1) is 41.7 Å². The monoisotopic (exact) mass is 374 g/mol. The molecule has 0 saturated heterocycles. The van der Waals surface area contributed by atoms with Gasteiger partial charge in [0.25, 0.3) is 0 Å². The van der Waals surface area contributed by atoms with Crippen molar-refractivity contribution in [1.82, 2.24) is 0 Å². The van der Waals surface area contributed by atoms with Crippen LogP contribution in [0.1, 0.15) is 0 Å². The summed E-state index contributed by atoms with van der Waals surface area (Å²) in [5, 5.41) is 0. The topological polar surface area (TPSA) is 0 Å². The Kier molecular flexibility index (Phi) is 163. The van der Waals surface area contributed by atoms with Gasteiger partial charge in [0.2, 0.25) is 0 Å². The molecule has 0 atom stereocenters. The Balaban J connectivity index is 0. The molecule has 0 aliphatic heterocycles. The molecule has 0 spiro atoms. The minimum absolute atomic E-state index is 0.